The smallest absolute Gasteiger partial charge is 0.434 e. The van der Waals surface area contributed by atoms with Gasteiger partial charge in [0.1, 0.15) is 0 Å². The van der Waals surface area contributed by atoms with Crippen molar-refractivity contribution in [1.82, 2.24) is 15.3 Å². The molecule has 164 valence electrons. The first-order valence-electron chi connectivity index (χ1n) is 9.42. The largest absolute Gasteiger partial charge is 0.478 e. The van der Waals surface area contributed by atoms with Crippen molar-refractivity contribution in [2.24, 2.45) is 0 Å². The van der Waals surface area contributed by atoms with Crippen LogP contribution in [0.1, 0.15) is 26.3 Å². The molecule has 5 N–H and O–H groups in total. The minimum atomic E-state index is -1.35. The number of hydroxylamine groups is 1. The zero-order valence-corrected chi connectivity index (χ0v) is 16.8. The summed E-state index contributed by atoms with van der Waals surface area (Å²) in [5.74, 6) is -3.29. The lowest BCUT2D eigenvalue weighted by molar-refractivity contribution is -0.129. The molecule has 0 aromatic rings. The first-order valence-corrected chi connectivity index (χ1v) is 9.42. The minimum Gasteiger partial charge on any atom is -0.478 e. The lowest BCUT2D eigenvalue weighted by Crippen LogP contribution is -2.48. The lowest BCUT2D eigenvalue weighted by atomic mass is 10.1. The number of rotatable bonds is 4. The van der Waals surface area contributed by atoms with Crippen molar-refractivity contribution < 1.29 is 34.2 Å². The van der Waals surface area contributed by atoms with Crippen molar-refractivity contribution in [2.45, 2.75) is 6.42 Å². The summed E-state index contributed by atoms with van der Waals surface area (Å²) >= 11 is 0. The predicted octanol–water partition coefficient (Wildman–Crippen LogP) is 0.728. The van der Waals surface area contributed by atoms with Gasteiger partial charge in [0.2, 0.25) is 0 Å². The van der Waals surface area contributed by atoms with Crippen LogP contribution in [-0.4, -0.2) is 77.2 Å². The molecule has 0 atom stereocenters. The number of carboxylic acids is 2. The van der Waals surface area contributed by atoms with E-state index < -0.39 is 23.9 Å². The Labute approximate surface area is 177 Å². The second-order valence-electron chi connectivity index (χ2n) is 7.20. The number of nitrogens with zero attached hydrogens (tertiary/aromatic N) is 2. The molecule has 11 nitrogen and oxygen atoms in total. The molecule has 1 fully saturated rings. The van der Waals surface area contributed by atoms with Crippen LogP contribution in [0.4, 0.5) is 10.5 Å². The minimum absolute atomic E-state index is 0.149. The molecular weight excluding hydrogens is 408 g/mol. The van der Waals surface area contributed by atoms with Gasteiger partial charge in [0.25, 0.3) is 5.91 Å². The van der Waals surface area contributed by atoms with E-state index in [2.05, 4.69) is 10.4 Å². The number of aromatic carboxylic acids is 2. The number of nitrogens with one attached hydrogen (secondary N) is 1. The van der Waals surface area contributed by atoms with E-state index in [0.717, 1.165) is 0 Å². The highest BCUT2D eigenvalue weighted by molar-refractivity contribution is 6.14. The van der Waals surface area contributed by atoms with Gasteiger partial charge in [0.05, 0.1) is 23.2 Å². The molecule has 0 unspecified atom stereocenters. The number of nitrogen functional groups attached to an aromatic ring is 1. The number of piperazine rings is 1. The summed E-state index contributed by atoms with van der Waals surface area (Å²) in [6, 6.07) is 5.78. The van der Waals surface area contributed by atoms with Crippen molar-refractivity contribution in [1.29, 1.82) is 0 Å². The third-order valence-electron chi connectivity index (χ3n) is 5.10. The molecule has 1 saturated heterocycles. The van der Waals surface area contributed by atoms with Gasteiger partial charge in [0, 0.05) is 26.2 Å². The summed E-state index contributed by atoms with van der Waals surface area (Å²) in [5, 5.41) is 18.8. The van der Waals surface area contributed by atoms with Gasteiger partial charge in [-0.15, -0.1) is 0 Å². The maximum Gasteiger partial charge on any atom is 0.434 e. The molecule has 0 saturated carbocycles. The first kappa shape index (κ1) is 21.8. The van der Waals surface area contributed by atoms with Gasteiger partial charge in [-0.2, -0.15) is 5.48 Å². The van der Waals surface area contributed by atoms with Crippen molar-refractivity contribution in [3.8, 4) is 11.1 Å². The molecule has 2 amide bonds. The van der Waals surface area contributed by atoms with E-state index in [9.17, 15) is 29.4 Å². The zero-order chi connectivity index (χ0) is 22.7. The third-order valence-corrected chi connectivity index (χ3v) is 5.10. The van der Waals surface area contributed by atoms with Gasteiger partial charge in [-0.25, -0.2) is 14.4 Å². The van der Waals surface area contributed by atoms with Crippen molar-refractivity contribution >= 4 is 29.6 Å². The van der Waals surface area contributed by atoms with E-state index in [1.807, 2.05) is 7.05 Å². The van der Waals surface area contributed by atoms with Crippen LogP contribution in [0.15, 0.2) is 24.3 Å². The van der Waals surface area contributed by atoms with Gasteiger partial charge >= 0.3 is 18.0 Å². The zero-order valence-electron chi connectivity index (χ0n) is 16.8. The van der Waals surface area contributed by atoms with Gasteiger partial charge < -0.3 is 30.6 Å². The third kappa shape index (κ3) is 4.67. The Balaban J connectivity index is 1.71. The van der Waals surface area contributed by atoms with Crippen LogP contribution < -0.4 is 11.2 Å². The fraction of sp³-hybridized carbons (Fsp3) is 0.300. The number of carbonyl (C=O) groups excluding carboxylic acids is 2. The number of nitrogens with two attached hydrogens (primary N) is 1. The molecule has 0 aromatic heterocycles. The Bertz CT molecular complexity index is 963. The van der Waals surface area contributed by atoms with Gasteiger partial charge in [0.15, 0.2) is 0 Å². The summed E-state index contributed by atoms with van der Waals surface area (Å²) in [7, 11) is 1.95. The standard InChI is InChI=1S/C20H22N4O7/c1-23-6-8-24(9-7-23)20(30)31-22-14(25)10-11-2-4-12-13(5-3-11)16(19(28)29)17(21)15(12)18(26)27/h2-5H,6-10,21H2,1H3,(H,22,25)(H,26,27)(H,28,29). The lowest BCUT2D eigenvalue weighted by Gasteiger charge is -2.31. The number of anilines is 1. The fourth-order valence-electron chi connectivity index (χ4n) is 3.42. The Hall–Kier alpha value is -3.86. The van der Waals surface area contributed by atoms with E-state index in [0.29, 0.717) is 31.7 Å². The maximum absolute atomic E-state index is 12.2. The SMILES string of the molecule is CN1CCN(C(=O)ONC(=O)Cc2ccc3c(C(=O)O)c(N)c(C(=O)O)c-3cc2)CC1. The van der Waals surface area contributed by atoms with E-state index in [-0.39, 0.29) is 34.4 Å². The highest BCUT2D eigenvalue weighted by Gasteiger charge is 2.29. The van der Waals surface area contributed by atoms with Gasteiger partial charge in [-0.3, -0.25) is 4.79 Å². The molecule has 3 rings (SSSR count). The Morgan fingerprint density at radius 1 is 0.968 bits per heavy atom. The van der Waals surface area contributed by atoms with Crippen molar-refractivity contribution in [3.63, 3.8) is 0 Å². The van der Waals surface area contributed by atoms with E-state index in [4.69, 9.17) is 10.6 Å². The number of carboxylic acid groups (broad SMARTS) is 2. The van der Waals surface area contributed by atoms with Crippen LogP contribution in [0.3, 0.4) is 0 Å². The molecule has 3 aliphatic rings. The predicted molar refractivity (Wildman–Crippen MR) is 109 cm³/mol. The number of hydrogen-bond acceptors (Lipinski definition) is 7. The first-order chi connectivity index (χ1) is 14.7. The number of amides is 2. The van der Waals surface area contributed by atoms with Crippen LogP contribution in [0.25, 0.3) is 11.1 Å². The second-order valence-corrected chi connectivity index (χ2v) is 7.20. The molecule has 2 aliphatic carbocycles. The quantitative estimate of drug-likeness (QED) is 0.512. The number of hydrogen-bond donors (Lipinski definition) is 4. The number of likely N-dealkylation sites (N-methyl/N-ethyl adjacent to an activating group) is 1. The Morgan fingerprint density at radius 2 is 1.48 bits per heavy atom. The molecule has 0 bridgehead atoms. The van der Waals surface area contributed by atoms with E-state index >= 15 is 0 Å². The molecule has 0 spiro atoms. The van der Waals surface area contributed by atoms with E-state index in [1.54, 1.807) is 0 Å². The maximum atomic E-state index is 12.2. The normalized spacial score (nSPS) is 14.3. The molecule has 11 heteroatoms. The van der Waals surface area contributed by atoms with Crippen LogP contribution in [-0.2, 0) is 16.1 Å². The highest BCUT2D eigenvalue weighted by Crippen LogP contribution is 2.38. The second kappa shape index (κ2) is 8.88. The average Bonchev–Trinajstić information content (AvgIpc) is 2.86. The molecule has 1 aliphatic heterocycles. The fourth-order valence-corrected chi connectivity index (χ4v) is 3.42. The average molecular weight is 430 g/mol. The van der Waals surface area contributed by atoms with Crippen LogP contribution in [0.5, 0.6) is 0 Å². The highest BCUT2D eigenvalue weighted by atomic mass is 16.7. The van der Waals surface area contributed by atoms with E-state index in [1.165, 1.54) is 29.2 Å². The van der Waals surface area contributed by atoms with Crippen LogP contribution in [0.2, 0.25) is 0 Å². The topological polar surface area (TPSA) is 162 Å². The molecule has 0 aromatic carbocycles. The molecular formula is C20H22N4O7. The van der Waals surface area contributed by atoms with Gasteiger partial charge in [-0.05, 0) is 23.7 Å². The van der Waals surface area contributed by atoms with Crippen LogP contribution in [0, 0.1) is 0 Å². The monoisotopic (exact) mass is 430 g/mol. The van der Waals surface area contributed by atoms with Crippen molar-refractivity contribution in [3.05, 3.63) is 41.0 Å². The Kier molecular flexibility index (Phi) is 6.25. The van der Waals surface area contributed by atoms with Crippen LogP contribution >= 0.6 is 0 Å². The van der Waals surface area contributed by atoms with Gasteiger partial charge in [-0.1, -0.05) is 24.3 Å². The number of fused-ring (bicyclic) bond motifs is 1. The van der Waals surface area contributed by atoms with Crippen molar-refractivity contribution in [2.75, 3.05) is 39.0 Å². The Morgan fingerprint density at radius 3 is 1.97 bits per heavy atom. The number of carbonyl (C=O) groups is 4. The summed E-state index contributed by atoms with van der Waals surface area (Å²) in [4.78, 5) is 55.7. The summed E-state index contributed by atoms with van der Waals surface area (Å²) < 4.78 is 0. The summed E-state index contributed by atoms with van der Waals surface area (Å²) in [5.41, 5.74) is 7.65. The molecule has 1 heterocycles. The molecule has 31 heavy (non-hydrogen) atoms. The summed E-state index contributed by atoms with van der Waals surface area (Å²) in [6.45, 7) is 2.41. The molecule has 0 radical (unpaired) electrons. The summed E-state index contributed by atoms with van der Waals surface area (Å²) in [6.07, 6.45) is -0.820.